The van der Waals surface area contributed by atoms with Gasteiger partial charge in [-0.1, -0.05) is 0 Å². The lowest BCUT2D eigenvalue weighted by Gasteiger charge is -2.32. The number of carbonyl (C=O) groups excluding carboxylic acids is 1. The van der Waals surface area contributed by atoms with Crippen LogP contribution in [-0.4, -0.2) is 48.3 Å². The van der Waals surface area contributed by atoms with Crippen molar-refractivity contribution in [2.24, 2.45) is 5.92 Å². The van der Waals surface area contributed by atoms with E-state index in [0.717, 1.165) is 25.9 Å². The number of carbonyl (C=O) groups is 1. The van der Waals surface area contributed by atoms with Gasteiger partial charge >= 0.3 is 5.97 Å². The van der Waals surface area contributed by atoms with Crippen molar-refractivity contribution in [3.8, 4) is 0 Å². The molecule has 0 aromatic carbocycles. The van der Waals surface area contributed by atoms with E-state index in [2.05, 4.69) is 4.90 Å². The normalized spacial score (nSPS) is 24.9. The Bertz CT molecular complexity index is 206. The molecule has 0 aromatic rings. The molecule has 1 N–H and O–H groups in total. The molecule has 0 radical (unpaired) electrons. The second kappa shape index (κ2) is 6.08. The lowest BCUT2D eigenvalue weighted by atomic mass is 9.98. The van der Waals surface area contributed by atoms with Crippen molar-refractivity contribution in [3.63, 3.8) is 0 Å². The maximum atomic E-state index is 11.5. The number of esters is 1. The van der Waals surface area contributed by atoms with E-state index in [1.807, 2.05) is 6.92 Å². The lowest BCUT2D eigenvalue weighted by Crippen LogP contribution is -2.42. The van der Waals surface area contributed by atoms with Crippen LogP contribution in [0, 0.1) is 5.92 Å². The van der Waals surface area contributed by atoms with Gasteiger partial charge in [-0.05, 0) is 33.2 Å². The van der Waals surface area contributed by atoms with Crippen LogP contribution >= 0.6 is 0 Å². The first-order chi connectivity index (χ1) is 7.13. The number of rotatable bonds is 4. The zero-order chi connectivity index (χ0) is 11.3. The second-order valence-corrected chi connectivity index (χ2v) is 4.20. The van der Waals surface area contributed by atoms with Gasteiger partial charge in [0.05, 0.1) is 18.6 Å². The molecular formula is C11H21NO3. The maximum Gasteiger partial charge on any atom is 0.310 e. The smallest absolute Gasteiger partial charge is 0.310 e. The summed E-state index contributed by atoms with van der Waals surface area (Å²) in [7, 11) is 0. The third-order valence-electron chi connectivity index (χ3n) is 2.65. The summed E-state index contributed by atoms with van der Waals surface area (Å²) in [5, 5.41) is 9.28. The van der Waals surface area contributed by atoms with Crippen molar-refractivity contribution in [1.82, 2.24) is 4.90 Å². The Labute approximate surface area is 91.2 Å². The van der Waals surface area contributed by atoms with E-state index in [-0.39, 0.29) is 18.0 Å². The molecular weight excluding hydrogens is 194 g/mol. The fourth-order valence-corrected chi connectivity index (χ4v) is 2.05. The fourth-order valence-electron chi connectivity index (χ4n) is 2.05. The average molecular weight is 215 g/mol. The predicted octanol–water partition coefficient (Wildman–Crippen LogP) is 0.642. The van der Waals surface area contributed by atoms with Crippen LogP contribution in [0.1, 0.15) is 26.7 Å². The summed E-state index contributed by atoms with van der Waals surface area (Å²) in [4.78, 5) is 13.7. The zero-order valence-corrected chi connectivity index (χ0v) is 9.61. The van der Waals surface area contributed by atoms with E-state index in [9.17, 15) is 9.90 Å². The van der Waals surface area contributed by atoms with Crippen LogP contribution in [0.3, 0.4) is 0 Å². The fraction of sp³-hybridized carbons (Fsp3) is 0.909. The SMILES string of the molecule is CCOC(=O)[C@H]1CCCN(CC(C)O)C1. The monoisotopic (exact) mass is 215 g/mol. The van der Waals surface area contributed by atoms with E-state index >= 15 is 0 Å². The van der Waals surface area contributed by atoms with Gasteiger partial charge in [-0.25, -0.2) is 0 Å². The van der Waals surface area contributed by atoms with E-state index < -0.39 is 0 Å². The van der Waals surface area contributed by atoms with Crippen LogP contribution in [0.25, 0.3) is 0 Å². The summed E-state index contributed by atoms with van der Waals surface area (Å²) in [5.41, 5.74) is 0. The van der Waals surface area contributed by atoms with E-state index in [0.29, 0.717) is 13.2 Å². The van der Waals surface area contributed by atoms with E-state index in [1.165, 1.54) is 0 Å². The first-order valence-electron chi connectivity index (χ1n) is 5.70. The highest BCUT2D eigenvalue weighted by Gasteiger charge is 2.26. The molecule has 1 saturated heterocycles. The number of piperidine rings is 1. The highest BCUT2D eigenvalue weighted by Crippen LogP contribution is 2.17. The highest BCUT2D eigenvalue weighted by atomic mass is 16.5. The van der Waals surface area contributed by atoms with Crippen LogP contribution in [-0.2, 0) is 9.53 Å². The standard InChI is InChI=1S/C11H21NO3/c1-3-15-11(14)10-5-4-6-12(8-10)7-9(2)13/h9-10,13H,3-8H2,1-2H3/t9?,10-/m0/s1. The molecule has 4 nitrogen and oxygen atoms in total. The third-order valence-corrected chi connectivity index (χ3v) is 2.65. The molecule has 88 valence electrons. The molecule has 1 aliphatic heterocycles. The zero-order valence-electron chi connectivity index (χ0n) is 9.61. The van der Waals surface area contributed by atoms with Crippen LogP contribution in [0.15, 0.2) is 0 Å². The number of aliphatic hydroxyl groups is 1. The number of hydrogen-bond donors (Lipinski definition) is 1. The minimum absolute atomic E-state index is 0.00236. The minimum atomic E-state index is -0.328. The second-order valence-electron chi connectivity index (χ2n) is 4.20. The molecule has 1 unspecified atom stereocenters. The number of hydrogen-bond acceptors (Lipinski definition) is 4. The lowest BCUT2D eigenvalue weighted by molar-refractivity contribution is -0.150. The summed E-state index contributed by atoms with van der Waals surface area (Å²) in [6, 6.07) is 0. The van der Waals surface area contributed by atoms with Gasteiger partial charge in [0, 0.05) is 13.1 Å². The van der Waals surface area contributed by atoms with Crippen LogP contribution in [0.5, 0.6) is 0 Å². The molecule has 0 aliphatic carbocycles. The molecule has 0 saturated carbocycles. The quantitative estimate of drug-likeness (QED) is 0.699. The van der Waals surface area contributed by atoms with Gasteiger partial charge in [0.15, 0.2) is 0 Å². The topological polar surface area (TPSA) is 49.8 Å². The van der Waals surface area contributed by atoms with Gasteiger partial charge < -0.3 is 9.84 Å². The molecule has 0 spiro atoms. The maximum absolute atomic E-state index is 11.5. The summed E-state index contributed by atoms with van der Waals surface area (Å²) < 4.78 is 5.01. The first kappa shape index (κ1) is 12.5. The van der Waals surface area contributed by atoms with E-state index in [1.54, 1.807) is 6.92 Å². The van der Waals surface area contributed by atoms with Crippen molar-refractivity contribution in [1.29, 1.82) is 0 Å². The molecule has 1 fully saturated rings. The van der Waals surface area contributed by atoms with Gasteiger partial charge in [-0.15, -0.1) is 0 Å². The Morgan fingerprint density at radius 2 is 2.40 bits per heavy atom. The van der Waals surface area contributed by atoms with Crippen LogP contribution < -0.4 is 0 Å². The van der Waals surface area contributed by atoms with Crippen molar-refractivity contribution in [3.05, 3.63) is 0 Å². The van der Waals surface area contributed by atoms with Crippen LogP contribution in [0.2, 0.25) is 0 Å². The molecule has 15 heavy (non-hydrogen) atoms. The van der Waals surface area contributed by atoms with Gasteiger partial charge in [0.2, 0.25) is 0 Å². The molecule has 0 bridgehead atoms. The Kier molecular flexibility index (Phi) is 5.05. The minimum Gasteiger partial charge on any atom is -0.466 e. The molecule has 1 rings (SSSR count). The van der Waals surface area contributed by atoms with Gasteiger partial charge in [0.1, 0.15) is 0 Å². The number of aliphatic hydroxyl groups excluding tert-OH is 1. The van der Waals surface area contributed by atoms with Gasteiger partial charge in [-0.2, -0.15) is 0 Å². The molecule has 1 aliphatic rings. The largest absolute Gasteiger partial charge is 0.466 e. The summed E-state index contributed by atoms with van der Waals surface area (Å²) in [5.74, 6) is -0.0924. The molecule has 0 aromatic heterocycles. The Balaban J connectivity index is 2.38. The highest BCUT2D eigenvalue weighted by molar-refractivity contribution is 5.72. The summed E-state index contributed by atoms with van der Waals surface area (Å²) in [6.07, 6.45) is 1.59. The van der Waals surface area contributed by atoms with Crippen molar-refractivity contribution in [2.45, 2.75) is 32.8 Å². The third kappa shape index (κ3) is 4.18. The molecule has 1 heterocycles. The number of nitrogens with zero attached hydrogens (tertiary/aromatic N) is 1. The van der Waals surface area contributed by atoms with Crippen LogP contribution in [0.4, 0.5) is 0 Å². The Morgan fingerprint density at radius 3 is 3.00 bits per heavy atom. The molecule has 4 heteroatoms. The van der Waals surface area contributed by atoms with Crippen molar-refractivity contribution >= 4 is 5.97 Å². The number of likely N-dealkylation sites (tertiary alicyclic amines) is 1. The summed E-state index contributed by atoms with van der Waals surface area (Å²) >= 11 is 0. The predicted molar refractivity (Wildman–Crippen MR) is 57.5 cm³/mol. The number of β-amino-alcohol motifs (C(OH)–C–C–N with tert-alkyl or cyclic N) is 1. The number of ether oxygens (including phenoxy) is 1. The summed E-state index contributed by atoms with van der Waals surface area (Å²) in [6.45, 7) is 6.40. The Hall–Kier alpha value is -0.610. The molecule has 0 amide bonds. The van der Waals surface area contributed by atoms with Crippen molar-refractivity contribution in [2.75, 3.05) is 26.2 Å². The average Bonchev–Trinajstić information content (AvgIpc) is 2.17. The van der Waals surface area contributed by atoms with Gasteiger partial charge in [-0.3, -0.25) is 9.69 Å². The van der Waals surface area contributed by atoms with Crippen molar-refractivity contribution < 1.29 is 14.6 Å². The Morgan fingerprint density at radius 1 is 1.67 bits per heavy atom. The van der Waals surface area contributed by atoms with Gasteiger partial charge in [0.25, 0.3) is 0 Å². The molecule has 2 atom stereocenters. The first-order valence-corrected chi connectivity index (χ1v) is 5.70. The van der Waals surface area contributed by atoms with E-state index in [4.69, 9.17) is 4.74 Å².